The van der Waals surface area contributed by atoms with Crippen LogP contribution in [0.1, 0.15) is 60.4 Å². The molecule has 0 aromatic heterocycles. The average Bonchev–Trinajstić information content (AvgIpc) is 3.20. The molecule has 1 heterocycles. The van der Waals surface area contributed by atoms with Gasteiger partial charge in [-0.25, -0.2) is 0 Å². The van der Waals surface area contributed by atoms with Crippen LogP contribution < -0.4 is 10.4 Å². The summed E-state index contributed by atoms with van der Waals surface area (Å²) in [6.45, 7) is 11.2. The Bertz CT molecular complexity index is 1770. The van der Waals surface area contributed by atoms with Gasteiger partial charge in [-0.15, -0.1) is 0 Å². The molecule has 4 heteroatoms. The smallest absolute Gasteiger partial charge is 0.166 e. The van der Waals surface area contributed by atoms with Crippen molar-refractivity contribution in [3.8, 4) is 22.3 Å². The van der Waals surface area contributed by atoms with Crippen LogP contribution in [0, 0.1) is 5.92 Å². The van der Waals surface area contributed by atoms with Crippen LogP contribution in [0.15, 0.2) is 90.0 Å². The molecule has 4 aromatic rings. The molecule has 1 aliphatic heterocycles. The van der Waals surface area contributed by atoms with Gasteiger partial charge in [-0.3, -0.25) is 0 Å². The van der Waals surface area contributed by atoms with E-state index in [0.29, 0.717) is 11.1 Å². The first-order chi connectivity index (χ1) is 19.5. The third kappa shape index (κ3) is 3.87. The van der Waals surface area contributed by atoms with Gasteiger partial charge in [-0.2, -0.15) is 13.2 Å². The van der Waals surface area contributed by atoms with Gasteiger partial charge >= 0.3 is 6.18 Å². The third-order valence-corrected chi connectivity index (χ3v) is 12.8. The van der Waals surface area contributed by atoms with Crippen molar-refractivity contribution in [3.63, 3.8) is 0 Å². The molecule has 0 fully saturated rings. The van der Waals surface area contributed by atoms with Crippen LogP contribution in [0.3, 0.4) is 0 Å². The van der Waals surface area contributed by atoms with E-state index in [0.717, 1.165) is 16.7 Å². The van der Waals surface area contributed by atoms with E-state index in [9.17, 15) is 13.2 Å². The lowest BCUT2D eigenvalue weighted by atomic mass is 9.72. The fourth-order valence-corrected chi connectivity index (χ4v) is 11.0. The molecule has 0 spiro atoms. The fourth-order valence-electron chi connectivity index (χ4n) is 7.61. The van der Waals surface area contributed by atoms with Crippen LogP contribution in [0.25, 0.3) is 34.4 Å². The molecule has 0 nitrogen and oxygen atoms in total. The van der Waals surface area contributed by atoms with Crippen molar-refractivity contribution in [1.82, 2.24) is 0 Å². The second-order valence-electron chi connectivity index (χ2n) is 12.7. The second-order valence-corrected chi connectivity index (χ2v) is 17.0. The van der Waals surface area contributed by atoms with Crippen molar-refractivity contribution < 1.29 is 13.2 Å². The number of hydrogen-bond donors (Lipinski definition) is 0. The summed E-state index contributed by atoms with van der Waals surface area (Å²) >= 11 is 0. The first-order valence-corrected chi connectivity index (χ1v) is 17.5. The van der Waals surface area contributed by atoms with Gasteiger partial charge in [0.1, 0.15) is 8.07 Å². The molecular weight excluding hydrogens is 529 g/mol. The highest BCUT2D eigenvalue weighted by Crippen LogP contribution is 2.59. The van der Waals surface area contributed by atoms with Crippen molar-refractivity contribution in [2.24, 2.45) is 5.92 Å². The molecule has 0 bridgehead atoms. The molecule has 7 rings (SSSR count). The summed E-state index contributed by atoms with van der Waals surface area (Å²) in [5, 5.41) is 2.95. The van der Waals surface area contributed by atoms with Crippen molar-refractivity contribution >= 4 is 30.6 Å². The van der Waals surface area contributed by atoms with Gasteiger partial charge in [0, 0.05) is 11.8 Å². The number of halogens is 3. The van der Waals surface area contributed by atoms with Crippen molar-refractivity contribution in [3.05, 3.63) is 118 Å². The highest BCUT2D eigenvalue weighted by Gasteiger charge is 2.51. The molecule has 0 saturated heterocycles. The fraction of sp³-hybridized carbons (Fsp3) is 0.243. The summed E-state index contributed by atoms with van der Waals surface area (Å²) in [5.74, 6) is -0.333. The zero-order chi connectivity index (χ0) is 28.8. The van der Waals surface area contributed by atoms with Crippen molar-refractivity contribution in [2.75, 3.05) is 0 Å². The predicted molar refractivity (Wildman–Crippen MR) is 167 cm³/mol. The zero-order valence-electron chi connectivity index (χ0n) is 24.0. The Balaban J connectivity index is 1.52. The summed E-state index contributed by atoms with van der Waals surface area (Å²) in [7, 11) is -1.70. The van der Waals surface area contributed by atoms with E-state index >= 15 is 0 Å². The molecule has 0 saturated carbocycles. The maximum absolute atomic E-state index is 14.8. The van der Waals surface area contributed by atoms with Gasteiger partial charge < -0.3 is 0 Å². The monoisotopic (exact) mass is 562 g/mol. The quantitative estimate of drug-likeness (QED) is 0.217. The molecule has 2 aliphatic carbocycles. The minimum Gasteiger partial charge on any atom is -0.166 e. The second kappa shape index (κ2) is 8.93. The molecular formula is C37H33F3Si. The Morgan fingerprint density at radius 1 is 0.756 bits per heavy atom. The van der Waals surface area contributed by atoms with Crippen LogP contribution in [-0.4, -0.2) is 8.07 Å². The van der Waals surface area contributed by atoms with Gasteiger partial charge in [-0.1, -0.05) is 128 Å². The van der Waals surface area contributed by atoms with E-state index in [1.165, 1.54) is 44.3 Å². The van der Waals surface area contributed by atoms with Gasteiger partial charge in [0.25, 0.3) is 0 Å². The van der Waals surface area contributed by atoms with E-state index in [1.807, 2.05) is 49.4 Å². The van der Waals surface area contributed by atoms with Crippen LogP contribution in [-0.2, 0) is 6.18 Å². The molecule has 206 valence electrons. The Labute approximate surface area is 241 Å². The zero-order valence-corrected chi connectivity index (χ0v) is 25.0. The molecule has 2 unspecified atom stereocenters. The molecule has 0 N–H and O–H groups in total. The van der Waals surface area contributed by atoms with Gasteiger partial charge in [0.05, 0.1) is 5.56 Å². The largest absolute Gasteiger partial charge is 0.416 e. The highest BCUT2D eigenvalue weighted by atomic mass is 28.3. The van der Waals surface area contributed by atoms with Gasteiger partial charge in [0.2, 0.25) is 0 Å². The summed E-state index contributed by atoms with van der Waals surface area (Å²) in [6.07, 6.45) is -0.109. The maximum atomic E-state index is 14.8. The van der Waals surface area contributed by atoms with Crippen LogP contribution in [0.4, 0.5) is 13.2 Å². The number of allylic oxidation sites excluding steroid dienone is 2. The lowest BCUT2D eigenvalue weighted by Crippen LogP contribution is -2.21. The number of fused-ring (bicyclic) bond motifs is 3. The lowest BCUT2D eigenvalue weighted by molar-refractivity contribution is -0.138. The number of rotatable bonds is 4. The van der Waals surface area contributed by atoms with E-state index in [1.54, 1.807) is 6.07 Å². The standard InChI is InChI=1S/C37H33F3Si/c1-21(2)27-19-25-20-30-36(41(30,4)5)33(24-14-10-7-11-15-24)32(25)35(27)31-22(3)18-28-26(23-12-8-6-9-13-23)16-17-29(34(28)31)37(38,39)40/h6-21,31,35H,1-5H3. The minimum absolute atomic E-state index is 0.152. The Kier molecular flexibility index (Phi) is 5.72. The highest BCUT2D eigenvalue weighted by molar-refractivity contribution is 7.16. The van der Waals surface area contributed by atoms with E-state index in [2.05, 4.69) is 63.3 Å². The molecule has 0 amide bonds. The first kappa shape index (κ1) is 26.3. The molecule has 2 atom stereocenters. The van der Waals surface area contributed by atoms with Gasteiger partial charge in [0.15, 0.2) is 0 Å². The Morgan fingerprint density at radius 2 is 1.39 bits per heavy atom. The van der Waals surface area contributed by atoms with Crippen LogP contribution in [0.5, 0.6) is 0 Å². The first-order valence-electron chi connectivity index (χ1n) is 14.5. The Morgan fingerprint density at radius 3 is 2.00 bits per heavy atom. The minimum atomic E-state index is -4.45. The normalized spacial score (nSPS) is 19.9. The van der Waals surface area contributed by atoms with E-state index in [-0.39, 0.29) is 17.8 Å². The van der Waals surface area contributed by atoms with E-state index in [4.69, 9.17) is 0 Å². The van der Waals surface area contributed by atoms with Crippen molar-refractivity contribution in [2.45, 2.75) is 51.9 Å². The molecule has 3 aliphatic rings. The van der Waals surface area contributed by atoms with Gasteiger partial charge in [-0.05, 0) is 68.6 Å². The molecule has 0 radical (unpaired) electrons. The maximum Gasteiger partial charge on any atom is 0.416 e. The third-order valence-electron chi connectivity index (χ3n) is 9.54. The molecule has 4 aromatic carbocycles. The summed E-state index contributed by atoms with van der Waals surface area (Å²) in [5.41, 5.74) is 9.54. The number of hydrogen-bond acceptors (Lipinski definition) is 0. The summed E-state index contributed by atoms with van der Waals surface area (Å²) < 4.78 is 44.4. The van der Waals surface area contributed by atoms with Crippen molar-refractivity contribution in [1.29, 1.82) is 0 Å². The lowest BCUT2D eigenvalue weighted by Gasteiger charge is -2.31. The van der Waals surface area contributed by atoms with Crippen LogP contribution in [0.2, 0.25) is 13.1 Å². The average molecular weight is 563 g/mol. The summed E-state index contributed by atoms with van der Waals surface area (Å²) in [6, 6.07) is 25.7. The molecule has 41 heavy (non-hydrogen) atoms. The topological polar surface area (TPSA) is 0 Å². The number of benzene rings is 4. The van der Waals surface area contributed by atoms with Crippen LogP contribution >= 0.6 is 0 Å². The predicted octanol–water partition coefficient (Wildman–Crippen LogP) is 9.51. The van der Waals surface area contributed by atoms with E-state index < -0.39 is 19.8 Å². The summed E-state index contributed by atoms with van der Waals surface area (Å²) in [4.78, 5) is 0. The Hall–Kier alpha value is -3.63. The number of alkyl halides is 3. The SMILES string of the molecule is CC1=Cc2c(-c3ccccc3)ccc(C(F)(F)F)c2C1C1C(C(C)C)=Cc2cc3c(c(-c4ccccc4)c21)[Si]3(C)C.